The van der Waals surface area contributed by atoms with E-state index in [2.05, 4.69) is 11.9 Å². The summed E-state index contributed by atoms with van der Waals surface area (Å²) in [4.78, 5) is 14.0. The number of sulfonamides is 1. The van der Waals surface area contributed by atoms with Crippen LogP contribution in [0.1, 0.15) is 31.2 Å². The van der Waals surface area contributed by atoms with Crippen LogP contribution in [0.25, 0.3) is 0 Å². The maximum Gasteiger partial charge on any atom is 0.317 e. The zero-order valence-electron chi connectivity index (χ0n) is 13.2. The van der Waals surface area contributed by atoms with Crippen LogP contribution in [0.5, 0.6) is 0 Å². The first-order valence-corrected chi connectivity index (χ1v) is 9.16. The van der Waals surface area contributed by atoms with Crippen molar-refractivity contribution in [2.75, 3.05) is 13.1 Å². The molecule has 126 valence electrons. The van der Waals surface area contributed by atoms with Crippen molar-refractivity contribution in [3.05, 3.63) is 42.5 Å². The number of carbonyl (C=O) groups is 1. The second kappa shape index (κ2) is 7.14. The molecule has 1 heterocycles. The third-order valence-corrected chi connectivity index (χ3v) is 5.10. The molecule has 6 nitrogen and oxygen atoms in total. The zero-order valence-corrected chi connectivity index (χ0v) is 14.1. The number of likely N-dealkylation sites (tertiary alicyclic amines) is 1. The molecule has 1 aliphatic heterocycles. The molecule has 1 aromatic carbocycles. The molecule has 7 heteroatoms. The Balaban J connectivity index is 1.94. The van der Waals surface area contributed by atoms with Crippen LogP contribution in [0, 0.1) is 0 Å². The fourth-order valence-corrected chi connectivity index (χ4v) is 3.21. The maximum atomic E-state index is 12.1. The molecule has 3 N–H and O–H groups in total. The lowest BCUT2D eigenvalue weighted by molar-refractivity contribution is 0.180. The summed E-state index contributed by atoms with van der Waals surface area (Å²) >= 11 is 0. The Morgan fingerprint density at radius 1 is 1.35 bits per heavy atom. The van der Waals surface area contributed by atoms with Gasteiger partial charge in [-0.2, -0.15) is 0 Å². The summed E-state index contributed by atoms with van der Waals surface area (Å²) < 4.78 is 22.5. The molecule has 1 aliphatic rings. The molecular weight excluding hydrogens is 314 g/mol. The van der Waals surface area contributed by atoms with Gasteiger partial charge in [-0.15, -0.1) is 6.58 Å². The number of hydrogen-bond acceptors (Lipinski definition) is 3. The highest BCUT2D eigenvalue weighted by Crippen LogP contribution is 2.28. The van der Waals surface area contributed by atoms with Crippen molar-refractivity contribution in [2.24, 2.45) is 5.14 Å². The van der Waals surface area contributed by atoms with Crippen LogP contribution < -0.4 is 10.5 Å². The van der Waals surface area contributed by atoms with E-state index in [0.29, 0.717) is 19.0 Å². The molecule has 0 bridgehead atoms. The van der Waals surface area contributed by atoms with E-state index in [1.807, 2.05) is 6.92 Å². The second-order valence-electron chi connectivity index (χ2n) is 5.85. The summed E-state index contributed by atoms with van der Waals surface area (Å²) in [7, 11) is -3.65. The topological polar surface area (TPSA) is 92.5 Å². The lowest BCUT2D eigenvalue weighted by Gasteiger charge is -2.32. The average molecular weight is 337 g/mol. The van der Waals surface area contributed by atoms with Gasteiger partial charge in [0.25, 0.3) is 0 Å². The number of benzene rings is 1. The number of nitrogens with two attached hydrogens (primary N) is 1. The minimum absolute atomic E-state index is 0.0500. The molecule has 0 aromatic heterocycles. The number of urea groups is 1. The Hall–Kier alpha value is -1.86. The van der Waals surface area contributed by atoms with Crippen LogP contribution >= 0.6 is 0 Å². The van der Waals surface area contributed by atoms with Gasteiger partial charge in [-0.25, -0.2) is 18.4 Å². The van der Waals surface area contributed by atoms with Gasteiger partial charge in [-0.1, -0.05) is 18.2 Å². The highest BCUT2D eigenvalue weighted by molar-refractivity contribution is 7.89. The Kier molecular flexibility index (Phi) is 5.43. The highest BCUT2D eigenvalue weighted by Gasteiger charge is 2.24. The Bertz CT molecular complexity index is 662. The Morgan fingerprint density at radius 2 is 1.91 bits per heavy atom. The minimum Gasteiger partial charge on any atom is -0.332 e. The molecule has 0 spiro atoms. The molecule has 1 aromatic rings. The van der Waals surface area contributed by atoms with Crippen LogP contribution in [-0.4, -0.2) is 38.5 Å². The fourth-order valence-electron chi connectivity index (χ4n) is 2.69. The second-order valence-corrected chi connectivity index (χ2v) is 7.41. The number of nitrogens with one attached hydrogen (secondary N) is 1. The number of nitrogens with zero attached hydrogens (tertiary/aromatic N) is 1. The van der Waals surface area contributed by atoms with Crippen molar-refractivity contribution in [1.29, 1.82) is 0 Å². The summed E-state index contributed by atoms with van der Waals surface area (Å²) in [5, 5.41) is 7.97. The van der Waals surface area contributed by atoms with Gasteiger partial charge in [0, 0.05) is 19.1 Å². The van der Waals surface area contributed by atoms with Gasteiger partial charge < -0.3 is 10.2 Å². The first-order valence-electron chi connectivity index (χ1n) is 7.62. The number of amides is 2. The monoisotopic (exact) mass is 337 g/mol. The highest BCUT2D eigenvalue weighted by atomic mass is 32.2. The van der Waals surface area contributed by atoms with Crippen molar-refractivity contribution in [2.45, 2.75) is 36.6 Å². The molecule has 0 radical (unpaired) electrons. The lowest BCUT2D eigenvalue weighted by atomic mass is 9.89. The van der Waals surface area contributed by atoms with Gasteiger partial charge in [0.05, 0.1) is 4.90 Å². The van der Waals surface area contributed by atoms with E-state index in [1.165, 1.54) is 12.1 Å². The normalized spacial score (nSPS) is 17.6. The Labute approximate surface area is 137 Å². The quantitative estimate of drug-likeness (QED) is 0.821. The van der Waals surface area contributed by atoms with E-state index in [4.69, 9.17) is 5.14 Å². The van der Waals surface area contributed by atoms with E-state index in [9.17, 15) is 13.2 Å². The van der Waals surface area contributed by atoms with Crippen molar-refractivity contribution in [1.82, 2.24) is 10.2 Å². The van der Waals surface area contributed by atoms with Crippen LogP contribution in [-0.2, 0) is 10.0 Å². The first kappa shape index (κ1) is 17.5. The van der Waals surface area contributed by atoms with E-state index in [0.717, 1.165) is 18.4 Å². The van der Waals surface area contributed by atoms with Gasteiger partial charge in [-0.05, 0) is 43.4 Å². The SMILES string of the molecule is C=CC(C)NC(=O)N1CCC(c2ccc(S(N)(=O)=O)cc2)CC1. The largest absolute Gasteiger partial charge is 0.332 e. The van der Waals surface area contributed by atoms with E-state index >= 15 is 0 Å². The first-order chi connectivity index (χ1) is 10.8. The molecule has 2 rings (SSSR count). The molecule has 1 saturated heterocycles. The fraction of sp³-hybridized carbons (Fsp3) is 0.438. The number of carbonyl (C=O) groups excluding carboxylic acids is 1. The zero-order chi connectivity index (χ0) is 17.0. The molecule has 2 amide bonds. The van der Waals surface area contributed by atoms with Crippen molar-refractivity contribution >= 4 is 16.1 Å². The minimum atomic E-state index is -3.65. The van der Waals surface area contributed by atoms with E-state index in [-0.39, 0.29) is 17.0 Å². The van der Waals surface area contributed by atoms with Crippen LogP contribution in [0.2, 0.25) is 0 Å². The van der Waals surface area contributed by atoms with Gasteiger partial charge in [0.15, 0.2) is 0 Å². The standard InChI is InChI=1S/C16H23N3O3S/c1-3-12(2)18-16(20)19-10-8-14(9-11-19)13-4-6-15(7-5-13)23(17,21)22/h3-7,12,14H,1,8-11H2,2H3,(H,18,20)(H2,17,21,22). The number of primary sulfonamides is 1. The summed E-state index contributed by atoms with van der Waals surface area (Å²) in [6.45, 7) is 6.89. The smallest absolute Gasteiger partial charge is 0.317 e. The third kappa shape index (κ3) is 4.56. The molecule has 1 unspecified atom stereocenters. The predicted molar refractivity (Wildman–Crippen MR) is 89.6 cm³/mol. The maximum absolute atomic E-state index is 12.1. The molecule has 23 heavy (non-hydrogen) atoms. The number of hydrogen-bond donors (Lipinski definition) is 2. The van der Waals surface area contributed by atoms with Gasteiger partial charge in [0.1, 0.15) is 0 Å². The average Bonchev–Trinajstić information content (AvgIpc) is 2.54. The van der Waals surface area contributed by atoms with E-state index in [1.54, 1.807) is 23.1 Å². The van der Waals surface area contributed by atoms with Gasteiger partial charge in [0.2, 0.25) is 10.0 Å². The summed E-state index contributed by atoms with van der Waals surface area (Å²) in [5.74, 6) is 0.324. The molecular formula is C16H23N3O3S. The molecule has 1 fully saturated rings. The van der Waals surface area contributed by atoms with Crippen molar-refractivity contribution in [3.63, 3.8) is 0 Å². The van der Waals surface area contributed by atoms with Crippen LogP contribution in [0.3, 0.4) is 0 Å². The van der Waals surface area contributed by atoms with Gasteiger partial charge in [-0.3, -0.25) is 0 Å². The Morgan fingerprint density at radius 3 is 2.39 bits per heavy atom. The predicted octanol–water partition coefficient (Wildman–Crippen LogP) is 1.80. The number of rotatable bonds is 4. The van der Waals surface area contributed by atoms with Crippen molar-refractivity contribution in [3.8, 4) is 0 Å². The molecule has 0 aliphatic carbocycles. The van der Waals surface area contributed by atoms with Crippen LogP contribution in [0.4, 0.5) is 4.79 Å². The molecule has 1 atom stereocenters. The van der Waals surface area contributed by atoms with Gasteiger partial charge >= 0.3 is 6.03 Å². The van der Waals surface area contributed by atoms with Crippen LogP contribution in [0.15, 0.2) is 41.8 Å². The van der Waals surface area contributed by atoms with Crippen molar-refractivity contribution < 1.29 is 13.2 Å². The lowest BCUT2D eigenvalue weighted by Crippen LogP contribution is -2.46. The summed E-state index contributed by atoms with van der Waals surface area (Å²) in [5.41, 5.74) is 1.08. The third-order valence-electron chi connectivity index (χ3n) is 4.17. The molecule has 0 saturated carbocycles. The summed E-state index contributed by atoms with van der Waals surface area (Å²) in [6, 6.07) is 6.57. The summed E-state index contributed by atoms with van der Waals surface area (Å²) in [6.07, 6.45) is 3.40. The number of piperidine rings is 1. The van der Waals surface area contributed by atoms with E-state index < -0.39 is 10.0 Å².